The Balaban J connectivity index is 2.26. The second-order valence-corrected chi connectivity index (χ2v) is 6.41. The number of nitrogens with zero attached hydrogens (tertiary/aromatic N) is 1. The second-order valence-electron chi connectivity index (χ2n) is 5.49. The van der Waals surface area contributed by atoms with Crippen LogP contribution in [0.15, 0.2) is 22.7 Å². The van der Waals surface area contributed by atoms with Gasteiger partial charge < -0.3 is 9.88 Å². The van der Waals surface area contributed by atoms with Gasteiger partial charge in [-0.05, 0) is 44.5 Å². The molecule has 2 aromatic rings. The lowest BCUT2D eigenvalue weighted by Gasteiger charge is -2.16. The van der Waals surface area contributed by atoms with Gasteiger partial charge >= 0.3 is 0 Å². The fraction of sp³-hybridized carbons (Fsp3) is 0.467. The molecule has 1 fully saturated rings. The maximum Gasteiger partial charge on any atom is 0.0494 e. The average Bonchev–Trinajstić information content (AvgIpc) is 3.06. The first-order valence-corrected chi connectivity index (χ1v) is 7.28. The van der Waals surface area contributed by atoms with Gasteiger partial charge in [0.15, 0.2) is 0 Å². The van der Waals surface area contributed by atoms with Gasteiger partial charge in [0, 0.05) is 40.1 Å². The number of benzene rings is 1. The fourth-order valence-electron chi connectivity index (χ4n) is 3.21. The summed E-state index contributed by atoms with van der Waals surface area (Å²) in [4.78, 5) is 0. The van der Waals surface area contributed by atoms with Crippen molar-refractivity contribution in [2.45, 2.75) is 25.2 Å². The monoisotopic (exact) mass is 306 g/mol. The molecule has 1 N–H and O–H groups in total. The number of aromatic nitrogens is 1. The Morgan fingerprint density at radius 1 is 1.39 bits per heavy atom. The smallest absolute Gasteiger partial charge is 0.0494 e. The molecule has 0 saturated heterocycles. The van der Waals surface area contributed by atoms with Gasteiger partial charge in [-0.1, -0.05) is 22.0 Å². The minimum Gasteiger partial charge on any atom is -0.348 e. The van der Waals surface area contributed by atoms with Gasteiger partial charge in [-0.15, -0.1) is 0 Å². The van der Waals surface area contributed by atoms with Gasteiger partial charge in [0.25, 0.3) is 0 Å². The van der Waals surface area contributed by atoms with E-state index in [9.17, 15) is 0 Å². The molecule has 1 aliphatic rings. The Labute approximate surface area is 116 Å². The highest BCUT2D eigenvalue weighted by molar-refractivity contribution is 9.10. The molecule has 1 aromatic heterocycles. The van der Waals surface area contributed by atoms with Gasteiger partial charge in [-0.2, -0.15) is 0 Å². The van der Waals surface area contributed by atoms with E-state index in [1.165, 1.54) is 29.4 Å². The summed E-state index contributed by atoms with van der Waals surface area (Å²) < 4.78 is 3.48. The Hall–Kier alpha value is -0.800. The molecule has 1 heterocycles. The predicted octanol–water partition coefficient (Wildman–Crippen LogP) is 3.50. The van der Waals surface area contributed by atoms with Crippen molar-refractivity contribution in [3.8, 4) is 0 Å². The molecule has 18 heavy (non-hydrogen) atoms. The molecule has 0 bridgehead atoms. The highest BCUT2D eigenvalue weighted by Crippen LogP contribution is 2.51. The minimum absolute atomic E-state index is 0.381. The molecule has 0 aliphatic heterocycles. The van der Waals surface area contributed by atoms with Crippen molar-refractivity contribution in [1.82, 2.24) is 9.88 Å². The van der Waals surface area contributed by atoms with E-state index < -0.39 is 0 Å². The van der Waals surface area contributed by atoms with Crippen molar-refractivity contribution in [2.75, 3.05) is 13.6 Å². The normalized spacial score (nSPS) is 17.3. The topological polar surface area (TPSA) is 17.0 Å². The zero-order valence-electron chi connectivity index (χ0n) is 11.2. The lowest BCUT2D eigenvalue weighted by molar-refractivity contribution is 0.621. The van der Waals surface area contributed by atoms with E-state index in [2.05, 4.69) is 65.0 Å². The summed E-state index contributed by atoms with van der Waals surface area (Å²) in [5, 5.41) is 4.79. The maximum absolute atomic E-state index is 3.57. The van der Waals surface area contributed by atoms with E-state index >= 15 is 0 Å². The summed E-state index contributed by atoms with van der Waals surface area (Å²) in [6.07, 6.45) is 2.62. The number of aryl methyl sites for hydroxylation is 1. The first-order chi connectivity index (χ1) is 8.59. The lowest BCUT2D eigenvalue weighted by atomic mass is 9.93. The summed E-state index contributed by atoms with van der Waals surface area (Å²) in [5.74, 6) is 0. The van der Waals surface area contributed by atoms with E-state index in [1.54, 1.807) is 5.56 Å². The van der Waals surface area contributed by atoms with Crippen molar-refractivity contribution in [2.24, 2.45) is 7.05 Å². The largest absolute Gasteiger partial charge is 0.348 e. The number of rotatable bonds is 3. The van der Waals surface area contributed by atoms with Gasteiger partial charge in [0.05, 0.1) is 0 Å². The van der Waals surface area contributed by atoms with E-state index in [-0.39, 0.29) is 0 Å². The van der Waals surface area contributed by atoms with Crippen molar-refractivity contribution < 1.29 is 0 Å². The van der Waals surface area contributed by atoms with Crippen molar-refractivity contribution in [3.63, 3.8) is 0 Å². The SMILES string of the molecule is CNCC1(c2c(C)n(C)c3cc(Br)ccc23)CC1. The summed E-state index contributed by atoms with van der Waals surface area (Å²) in [6.45, 7) is 3.34. The van der Waals surface area contributed by atoms with Crippen molar-refractivity contribution >= 4 is 26.8 Å². The summed E-state index contributed by atoms with van der Waals surface area (Å²) in [6, 6.07) is 6.64. The number of likely N-dealkylation sites (N-methyl/N-ethyl adjacent to an activating group) is 1. The Morgan fingerprint density at radius 3 is 2.72 bits per heavy atom. The molecule has 2 nitrogen and oxygen atoms in total. The number of hydrogen-bond donors (Lipinski definition) is 1. The Bertz CT molecular complexity index is 608. The summed E-state index contributed by atoms with van der Waals surface area (Å²) >= 11 is 3.57. The van der Waals surface area contributed by atoms with Gasteiger partial charge in [-0.25, -0.2) is 0 Å². The van der Waals surface area contributed by atoms with Crippen LogP contribution in [0.25, 0.3) is 10.9 Å². The van der Waals surface area contributed by atoms with Crippen molar-refractivity contribution in [1.29, 1.82) is 0 Å². The molecular weight excluding hydrogens is 288 g/mol. The van der Waals surface area contributed by atoms with Crippen LogP contribution in [-0.2, 0) is 12.5 Å². The second kappa shape index (κ2) is 4.10. The zero-order valence-corrected chi connectivity index (χ0v) is 12.8. The van der Waals surface area contributed by atoms with Gasteiger partial charge in [0.2, 0.25) is 0 Å². The highest BCUT2D eigenvalue weighted by atomic mass is 79.9. The summed E-state index contributed by atoms with van der Waals surface area (Å²) in [7, 11) is 4.22. The molecular formula is C15H19BrN2. The zero-order chi connectivity index (χ0) is 12.9. The minimum atomic E-state index is 0.381. The predicted molar refractivity (Wildman–Crippen MR) is 80.2 cm³/mol. The number of halogens is 1. The van der Waals surface area contributed by atoms with Crippen molar-refractivity contribution in [3.05, 3.63) is 33.9 Å². The lowest BCUT2D eigenvalue weighted by Crippen LogP contribution is -2.24. The van der Waals surface area contributed by atoms with Crippen LogP contribution >= 0.6 is 15.9 Å². The fourth-order valence-corrected chi connectivity index (χ4v) is 3.56. The molecule has 1 saturated carbocycles. The van der Waals surface area contributed by atoms with Crippen LogP contribution in [-0.4, -0.2) is 18.2 Å². The number of fused-ring (bicyclic) bond motifs is 1. The quantitative estimate of drug-likeness (QED) is 0.918. The Kier molecular flexibility index (Phi) is 2.79. The van der Waals surface area contributed by atoms with Crippen LogP contribution in [0.2, 0.25) is 0 Å². The third kappa shape index (κ3) is 1.64. The molecule has 3 rings (SSSR count). The van der Waals surface area contributed by atoms with Gasteiger partial charge in [-0.3, -0.25) is 0 Å². The first-order valence-electron chi connectivity index (χ1n) is 6.49. The van der Waals surface area contributed by atoms with Crippen LogP contribution in [0.5, 0.6) is 0 Å². The molecule has 0 radical (unpaired) electrons. The first kappa shape index (κ1) is 12.2. The molecule has 96 valence electrons. The van der Waals surface area contributed by atoms with E-state index in [0.717, 1.165) is 11.0 Å². The standard InChI is InChI=1S/C15H19BrN2/c1-10-14(15(6-7-15)9-17-2)12-5-4-11(16)8-13(12)18(10)3/h4-5,8,17H,6-7,9H2,1-3H3. The molecule has 3 heteroatoms. The number of hydrogen-bond acceptors (Lipinski definition) is 1. The molecule has 0 spiro atoms. The average molecular weight is 307 g/mol. The van der Waals surface area contributed by atoms with E-state index in [1.807, 2.05) is 0 Å². The summed E-state index contributed by atoms with van der Waals surface area (Å²) in [5.41, 5.74) is 4.68. The van der Waals surface area contributed by atoms with Crippen LogP contribution in [0.4, 0.5) is 0 Å². The third-order valence-corrected chi connectivity index (χ3v) is 4.85. The third-order valence-electron chi connectivity index (χ3n) is 4.35. The van der Waals surface area contributed by atoms with Crippen LogP contribution < -0.4 is 5.32 Å². The molecule has 1 aliphatic carbocycles. The van der Waals surface area contributed by atoms with E-state index in [4.69, 9.17) is 0 Å². The van der Waals surface area contributed by atoms with E-state index in [0.29, 0.717) is 5.41 Å². The highest BCUT2D eigenvalue weighted by Gasteiger charge is 2.46. The number of nitrogens with one attached hydrogen (secondary N) is 1. The molecule has 0 atom stereocenters. The van der Waals surface area contributed by atoms with Gasteiger partial charge in [0.1, 0.15) is 0 Å². The maximum atomic E-state index is 3.57. The molecule has 0 unspecified atom stereocenters. The van der Waals surface area contributed by atoms with Crippen LogP contribution in [0.1, 0.15) is 24.1 Å². The molecule has 0 amide bonds. The van der Waals surface area contributed by atoms with Crippen LogP contribution in [0, 0.1) is 6.92 Å². The van der Waals surface area contributed by atoms with Crippen LogP contribution in [0.3, 0.4) is 0 Å². The molecule has 1 aromatic carbocycles. The Morgan fingerprint density at radius 2 is 2.11 bits per heavy atom.